The summed E-state index contributed by atoms with van der Waals surface area (Å²) in [6, 6.07) is 3.63. The molecule has 0 aliphatic heterocycles. The van der Waals surface area contributed by atoms with Crippen molar-refractivity contribution in [2.75, 3.05) is 18.0 Å². The molecule has 0 saturated heterocycles. The Morgan fingerprint density at radius 1 is 1.47 bits per heavy atom. The van der Waals surface area contributed by atoms with E-state index in [1.807, 2.05) is 0 Å². The van der Waals surface area contributed by atoms with E-state index in [1.54, 1.807) is 0 Å². The SMILES string of the molecule is CC(C)CCNC(=O)CS(=O)c1ccc(F)cc1N. The Kier molecular flexibility index (Phi) is 5.95. The van der Waals surface area contributed by atoms with Crippen LogP contribution in [0.4, 0.5) is 10.1 Å². The minimum Gasteiger partial charge on any atom is -0.398 e. The quantitative estimate of drug-likeness (QED) is 0.781. The van der Waals surface area contributed by atoms with Gasteiger partial charge in [0.25, 0.3) is 0 Å². The predicted molar refractivity (Wildman–Crippen MR) is 74.6 cm³/mol. The van der Waals surface area contributed by atoms with Gasteiger partial charge in [0.1, 0.15) is 11.6 Å². The molecule has 0 radical (unpaired) electrons. The Bertz CT molecular complexity index is 478. The molecule has 106 valence electrons. The van der Waals surface area contributed by atoms with Crippen LogP contribution in [0.2, 0.25) is 0 Å². The summed E-state index contributed by atoms with van der Waals surface area (Å²) in [7, 11) is -1.55. The number of nitrogen functional groups attached to an aromatic ring is 1. The highest BCUT2D eigenvalue weighted by molar-refractivity contribution is 7.86. The molecule has 0 bridgehead atoms. The second-order valence-electron chi connectivity index (χ2n) is 4.70. The van der Waals surface area contributed by atoms with Crippen LogP contribution in [0, 0.1) is 11.7 Å². The number of hydrogen-bond donors (Lipinski definition) is 2. The van der Waals surface area contributed by atoms with Gasteiger partial charge < -0.3 is 11.1 Å². The van der Waals surface area contributed by atoms with Crippen molar-refractivity contribution in [2.45, 2.75) is 25.2 Å². The zero-order valence-electron chi connectivity index (χ0n) is 11.1. The number of nitrogens with one attached hydrogen (secondary N) is 1. The fourth-order valence-electron chi connectivity index (χ4n) is 1.47. The normalized spacial score (nSPS) is 12.4. The third kappa shape index (κ3) is 5.38. The van der Waals surface area contributed by atoms with Gasteiger partial charge in [0.2, 0.25) is 5.91 Å². The monoisotopic (exact) mass is 286 g/mol. The van der Waals surface area contributed by atoms with Gasteiger partial charge in [-0.3, -0.25) is 9.00 Å². The Morgan fingerprint density at radius 2 is 2.16 bits per heavy atom. The number of halogens is 1. The number of anilines is 1. The van der Waals surface area contributed by atoms with Crippen LogP contribution >= 0.6 is 0 Å². The maximum Gasteiger partial charge on any atom is 0.233 e. The van der Waals surface area contributed by atoms with Gasteiger partial charge in [-0.2, -0.15) is 0 Å². The third-order valence-electron chi connectivity index (χ3n) is 2.52. The molecule has 0 spiro atoms. The number of carbonyl (C=O) groups is 1. The molecule has 3 N–H and O–H groups in total. The van der Waals surface area contributed by atoms with E-state index in [9.17, 15) is 13.4 Å². The number of rotatable bonds is 6. The lowest BCUT2D eigenvalue weighted by Gasteiger charge is -2.08. The van der Waals surface area contributed by atoms with Crippen LogP contribution in [0.15, 0.2) is 23.1 Å². The van der Waals surface area contributed by atoms with E-state index in [1.165, 1.54) is 12.1 Å². The first-order valence-electron chi connectivity index (χ1n) is 6.10. The summed E-state index contributed by atoms with van der Waals surface area (Å²) >= 11 is 0. The molecule has 0 heterocycles. The van der Waals surface area contributed by atoms with Gasteiger partial charge in [-0.15, -0.1) is 0 Å². The molecule has 1 aromatic rings. The largest absolute Gasteiger partial charge is 0.398 e. The summed E-state index contributed by atoms with van der Waals surface area (Å²) in [5.74, 6) is -0.436. The van der Waals surface area contributed by atoms with Crippen molar-refractivity contribution in [2.24, 2.45) is 5.92 Å². The number of hydrogen-bond acceptors (Lipinski definition) is 3. The smallest absolute Gasteiger partial charge is 0.233 e. The van der Waals surface area contributed by atoms with Crippen molar-refractivity contribution >= 4 is 22.4 Å². The van der Waals surface area contributed by atoms with Crippen LogP contribution in [0.1, 0.15) is 20.3 Å². The van der Waals surface area contributed by atoms with Crippen LogP contribution in [-0.2, 0) is 15.6 Å². The molecule has 1 amide bonds. The van der Waals surface area contributed by atoms with Gasteiger partial charge in [0.15, 0.2) is 0 Å². The molecule has 0 aliphatic carbocycles. The van der Waals surface area contributed by atoms with Crippen LogP contribution in [0.3, 0.4) is 0 Å². The molecule has 1 aromatic carbocycles. The summed E-state index contributed by atoms with van der Waals surface area (Å²) < 4.78 is 24.8. The molecule has 1 atom stereocenters. The standard InChI is InChI=1S/C13H19FN2O2S/c1-9(2)5-6-16-13(17)8-19(18)12-4-3-10(14)7-11(12)15/h3-4,7,9H,5-6,8,15H2,1-2H3,(H,16,17). The number of benzene rings is 1. The summed E-state index contributed by atoms with van der Waals surface area (Å²) in [6.07, 6.45) is 0.872. The van der Waals surface area contributed by atoms with Gasteiger partial charge in [-0.1, -0.05) is 13.8 Å². The van der Waals surface area contributed by atoms with Gasteiger partial charge in [0, 0.05) is 6.54 Å². The fraction of sp³-hybridized carbons (Fsp3) is 0.462. The number of amides is 1. The second kappa shape index (κ2) is 7.23. The summed E-state index contributed by atoms with van der Waals surface area (Å²) in [5.41, 5.74) is 5.68. The Balaban J connectivity index is 2.52. The summed E-state index contributed by atoms with van der Waals surface area (Å²) in [4.78, 5) is 11.9. The topological polar surface area (TPSA) is 72.2 Å². The molecule has 1 rings (SSSR count). The maximum atomic E-state index is 12.9. The molecule has 0 fully saturated rings. The first-order valence-corrected chi connectivity index (χ1v) is 7.42. The average Bonchev–Trinajstić information content (AvgIpc) is 2.27. The van der Waals surface area contributed by atoms with Crippen LogP contribution in [0.25, 0.3) is 0 Å². The third-order valence-corrected chi connectivity index (χ3v) is 3.91. The molecule has 1 unspecified atom stereocenters. The number of carbonyl (C=O) groups excluding carboxylic acids is 1. The van der Waals surface area contributed by atoms with Crippen molar-refractivity contribution in [3.8, 4) is 0 Å². The van der Waals surface area contributed by atoms with Crippen molar-refractivity contribution in [1.29, 1.82) is 0 Å². The van der Waals surface area contributed by atoms with E-state index in [0.29, 0.717) is 17.4 Å². The zero-order chi connectivity index (χ0) is 14.4. The minimum atomic E-state index is -1.55. The predicted octanol–water partition coefficient (Wildman–Crippen LogP) is 1.68. The van der Waals surface area contributed by atoms with Crippen molar-refractivity contribution in [3.05, 3.63) is 24.0 Å². The van der Waals surface area contributed by atoms with Crippen LogP contribution in [0.5, 0.6) is 0 Å². The first-order chi connectivity index (χ1) is 8.90. The van der Waals surface area contributed by atoms with E-state index < -0.39 is 16.6 Å². The van der Waals surface area contributed by atoms with Gasteiger partial charge >= 0.3 is 0 Å². The first kappa shape index (κ1) is 15.6. The molecule has 6 heteroatoms. The lowest BCUT2D eigenvalue weighted by molar-refractivity contribution is -0.118. The molecule has 0 saturated carbocycles. The fourth-order valence-corrected chi connectivity index (χ4v) is 2.51. The lowest BCUT2D eigenvalue weighted by atomic mass is 10.1. The molecular formula is C13H19FN2O2S. The average molecular weight is 286 g/mol. The molecule has 19 heavy (non-hydrogen) atoms. The van der Waals surface area contributed by atoms with E-state index in [4.69, 9.17) is 5.73 Å². The van der Waals surface area contributed by atoms with Gasteiger partial charge in [-0.25, -0.2) is 4.39 Å². The summed E-state index contributed by atoms with van der Waals surface area (Å²) in [5, 5.41) is 2.70. The van der Waals surface area contributed by atoms with Crippen molar-refractivity contribution in [3.63, 3.8) is 0 Å². The highest BCUT2D eigenvalue weighted by Crippen LogP contribution is 2.17. The van der Waals surface area contributed by atoms with Crippen molar-refractivity contribution < 1.29 is 13.4 Å². The molecular weight excluding hydrogens is 267 g/mol. The molecule has 0 aromatic heterocycles. The van der Waals surface area contributed by atoms with Crippen LogP contribution < -0.4 is 11.1 Å². The molecule has 0 aliphatic rings. The number of nitrogens with two attached hydrogens (primary N) is 1. The summed E-state index contributed by atoms with van der Waals surface area (Å²) in [6.45, 7) is 4.68. The van der Waals surface area contributed by atoms with E-state index in [0.717, 1.165) is 12.5 Å². The van der Waals surface area contributed by atoms with Gasteiger partial charge in [-0.05, 0) is 30.5 Å². The van der Waals surface area contributed by atoms with Gasteiger partial charge in [0.05, 0.1) is 21.4 Å². The van der Waals surface area contributed by atoms with E-state index in [-0.39, 0.29) is 17.3 Å². The maximum absolute atomic E-state index is 12.9. The highest BCUT2D eigenvalue weighted by atomic mass is 32.2. The van der Waals surface area contributed by atoms with E-state index >= 15 is 0 Å². The van der Waals surface area contributed by atoms with E-state index in [2.05, 4.69) is 19.2 Å². The molecule has 4 nitrogen and oxygen atoms in total. The zero-order valence-corrected chi connectivity index (χ0v) is 11.9. The van der Waals surface area contributed by atoms with Crippen molar-refractivity contribution in [1.82, 2.24) is 5.32 Å². The Morgan fingerprint density at radius 3 is 2.74 bits per heavy atom. The minimum absolute atomic E-state index is 0.105. The van der Waals surface area contributed by atoms with Crippen LogP contribution in [-0.4, -0.2) is 22.4 Å². The second-order valence-corrected chi connectivity index (χ2v) is 6.12. The highest BCUT2D eigenvalue weighted by Gasteiger charge is 2.13. The Labute approximate surface area is 115 Å². The Hall–Kier alpha value is -1.43. The lowest BCUT2D eigenvalue weighted by Crippen LogP contribution is -2.29.